The molecule has 0 saturated heterocycles. The first-order chi connectivity index (χ1) is 22.3. The molecule has 0 aliphatic rings. The van der Waals surface area contributed by atoms with Crippen LogP contribution in [0.3, 0.4) is 0 Å². The van der Waals surface area contributed by atoms with Crippen LogP contribution in [0.2, 0.25) is 0 Å². The Morgan fingerprint density at radius 3 is 1.09 bits per heavy atom. The van der Waals surface area contributed by atoms with Crippen LogP contribution in [-0.4, -0.2) is 0 Å². The molecule has 0 heterocycles. The third kappa shape index (κ3) is 9.82. The van der Waals surface area contributed by atoms with Gasteiger partial charge in [0.05, 0.1) is 0 Å². The molecule has 47 heavy (non-hydrogen) atoms. The molecule has 0 fully saturated rings. The van der Waals surface area contributed by atoms with Crippen LogP contribution in [0.4, 0.5) is 0 Å². The molecule has 0 nitrogen and oxygen atoms in total. The number of fused-ring (bicyclic) bond motifs is 2. The molecule has 0 unspecified atom stereocenters. The zero-order valence-corrected chi connectivity index (χ0v) is 34.2. The summed E-state index contributed by atoms with van der Waals surface area (Å²) in [5.41, 5.74) is 16.3. The second-order valence-corrected chi connectivity index (χ2v) is 17.0. The van der Waals surface area contributed by atoms with E-state index in [4.69, 9.17) is 17.0 Å². The van der Waals surface area contributed by atoms with Crippen molar-refractivity contribution < 1.29 is 20.8 Å². The van der Waals surface area contributed by atoms with E-state index in [1.807, 2.05) is 0 Å². The van der Waals surface area contributed by atoms with Crippen molar-refractivity contribution in [1.82, 2.24) is 0 Å². The Kier molecular flexibility index (Phi) is 14.8. The van der Waals surface area contributed by atoms with Crippen molar-refractivity contribution in [2.45, 2.75) is 88.0 Å². The number of halogens is 2. The molecular formula is C44H51Cl2Zr-3. The molecule has 0 aliphatic carbocycles. The molecule has 0 radical (unpaired) electrons. The molecule has 0 bridgehead atoms. The van der Waals surface area contributed by atoms with E-state index in [2.05, 4.69) is 161 Å². The topological polar surface area (TPSA) is 0 Å². The van der Waals surface area contributed by atoms with Crippen molar-refractivity contribution in [2.24, 2.45) is 0 Å². The zero-order valence-electron chi connectivity index (χ0n) is 30.2. The average molecular weight is 742 g/mol. The maximum absolute atomic E-state index is 4.93. The third-order valence-electron chi connectivity index (χ3n) is 8.65. The van der Waals surface area contributed by atoms with E-state index in [-0.39, 0.29) is 0 Å². The number of aryl methyl sites for hydroxylation is 6. The van der Waals surface area contributed by atoms with E-state index in [1.165, 1.54) is 88.3 Å². The molecule has 6 aromatic rings. The molecule has 0 amide bonds. The van der Waals surface area contributed by atoms with Gasteiger partial charge in [0.15, 0.2) is 0 Å². The van der Waals surface area contributed by atoms with Crippen LogP contribution in [0.25, 0.3) is 43.8 Å². The zero-order chi connectivity index (χ0) is 35.0. The van der Waals surface area contributed by atoms with E-state index < -0.39 is 20.8 Å². The number of rotatable bonds is 4. The molecule has 6 aromatic carbocycles. The fourth-order valence-corrected chi connectivity index (χ4v) is 6.37. The molecular weight excluding hydrogens is 691 g/mol. The summed E-state index contributed by atoms with van der Waals surface area (Å²) >= 11 is -0.826. The Labute approximate surface area is 303 Å². The Morgan fingerprint density at radius 2 is 0.809 bits per heavy atom. The summed E-state index contributed by atoms with van der Waals surface area (Å²) in [5.74, 6) is 1.15. The van der Waals surface area contributed by atoms with Crippen LogP contribution < -0.4 is 0 Å². The van der Waals surface area contributed by atoms with E-state index in [0.717, 1.165) is 0 Å². The summed E-state index contributed by atoms with van der Waals surface area (Å²) in [5, 5.41) is 5.58. The van der Waals surface area contributed by atoms with Gasteiger partial charge in [-0.15, -0.1) is 68.1 Å². The van der Waals surface area contributed by atoms with Gasteiger partial charge in [-0.05, 0) is 50.7 Å². The van der Waals surface area contributed by atoms with Gasteiger partial charge in [0.25, 0.3) is 0 Å². The minimum atomic E-state index is -0.826. The summed E-state index contributed by atoms with van der Waals surface area (Å²) in [6.45, 7) is 27.2. The van der Waals surface area contributed by atoms with Gasteiger partial charge in [-0.2, -0.15) is 19.1 Å². The van der Waals surface area contributed by atoms with E-state index in [9.17, 15) is 0 Å². The van der Waals surface area contributed by atoms with Crippen molar-refractivity contribution >= 4 is 38.6 Å². The fraction of sp³-hybridized carbons (Fsp3) is 0.295. The first-order valence-corrected chi connectivity index (χ1v) is 22.9. The Morgan fingerprint density at radius 1 is 0.511 bits per heavy atom. The number of benzene rings is 4. The average Bonchev–Trinajstić information content (AvgIpc) is 3.66. The molecule has 0 saturated carbocycles. The standard InChI is InChI=1S/2C21H23.C2H5.2ClH.Zr/c2*1-13(2)17-11-20-16(5)6-7-19(21(20)12-17)18-9-14(3)8-15(4)10-18;1-2;;;/h2*6-13H,1-5H3;1H2,2H3;2*1H;/q3*-1;;;+2/p-2. The van der Waals surface area contributed by atoms with Crippen molar-refractivity contribution in [1.29, 1.82) is 0 Å². The van der Waals surface area contributed by atoms with Gasteiger partial charge < -0.3 is 6.92 Å². The predicted molar refractivity (Wildman–Crippen MR) is 209 cm³/mol. The first kappa shape index (κ1) is 39.0. The SMILES string of the molecule is Cc1cc(C)cc(-c2ccc(C)c3[cH-]c(C(C)C)cc23)c1.Cc1cc(C)cc(-c2ccc(C)c3[cH-]c(C(C)C)cc23)c1.[CH2-]C.[Cl][Zr][Cl]. The number of hydrogen-bond acceptors (Lipinski definition) is 0. The monoisotopic (exact) mass is 739 g/mol. The van der Waals surface area contributed by atoms with E-state index in [0.29, 0.717) is 11.8 Å². The van der Waals surface area contributed by atoms with E-state index >= 15 is 0 Å². The fourth-order valence-electron chi connectivity index (χ4n) is 6.37. The van der Waals surface area contributed by atoms with Gasteiger partial charge >= 0.3 is 37.9 Å². The minimum absolute atomic E-state index is 0.573. The molecule has 3 heteroatoms. The maximum atomic E-state index is 4.93. The van der Waals surface area contributed by atoms with Gasteiger partial charge in [-0.25, -0.2) is 0 Å². The van der Waals surface area contributed by atoms with Crippen molar-refractivity contribution in [3.05, 3.63) is 136 Å². The molecule has 6 rings (SSSR count). The van der Waals surface area contributed by atoms with E-state index in [1.54, 1.807) is 6.92 Å². The van der Waals surface area contributed by atoms with Gasteiger partial charge in [0, 0.05) is 0 Å². The van der Waals surface area contributed by atoms with Crippen LogP contribution in [0, 0.1) is 48.5 Å². The summed E-state index contributed by atoms with van der Waals surface area (Å²) in [7, 11) is 9.87. The molecule has 248 valence electrons. The van der Waals surface area contributed by atoms with Crippen LogP contribution in [-0.2, 0) is 20.8 Å². The Balaban J connectivity index is 0.000000225. The van der Waals surface area contributed by atoms with Gasteiger partial charge in [-0.1, -0.05) is 123 Å². The van der Waals surface area contributed by atoms with Crippen LogP contribution in [0.15, 0.2) is 84.9 Å². The Hall–Kier alpha value is -2.44. The summed E-state index contributed by atoms with van der Waals surface area (Å²) in [6, 6.07) is 32.2. The van der Waals surface area contributed by atoms with Crippen LogP contribution in [0.1, 0.15) is 91.0 Å². The van der Waals surface area contributed by atoms with Crippen molar-refractivity contribution in [3.63, 3.8) is 0 Å². The normalized spacial score (nSPS) is 10.7. The summed E-state index contributed by atoms with van der Waals surface area (Å²) in [6.07, 6.45) is 0. The second kappa shape index (κ2) is 17.8. The van der Waals surface area contributed by atoms with Crippen LogP contribution >= 0.6 is 17.0 Å². The first-order valence-electron chi connectivity index (χ1n) is 16.6. The second-order valence-electron chi connectivity index (χ2n) is 13.2. The van der Waals surface area contributed by atoms with Crippen molar-refractivity contribution in [2.75, 3.05) is 0 Å². The molecule has 0 atom stereocenters. The molecule has 0 aliphatic heterocycles. The summed E-state index contributed by atoms with van der Waals surface area (Å²) in [4.78, 5) is 0. The predicted octanol–water partition coefficient (Wildman–Crippen LogP) is 14.8. The van der Waals surface area contributed by atoms with Gasteiger partial charge in [-0.3, -0.25) is 0 Å². The van der Waals surface area contributed by atoms with Crippen LogP contribution in [0.5, 0.6) is 0 Å². The number of hydrogen-bond donors (Lipinski definition) is 0. The molecule has 0 aromatic heterocycles. The Bertz CT molecular complexity index is 1740. The summed E-state index contributed by atoms with van der Waals surface area (Å²) < 4.78 is 0. The van der Waals surface area contributed by atoms with Gasteiger partial charge in [0.2, 0.25) is 0 Å². The third-order valence-corrected chi connectivity index (χ3v) is 8.65. The molecule has 0 N–H and O–H groups in total. The van der Waals surface area contributed by atoms with Crippen molar-refractivity contribution in [3.8, 4) is 22.3 Å². The molecule has 0 spiro atoms. The van der Waals surface area contributed by atoms with Gasteiger partial charge in [0.1, 0.15) is 0 Å². The quantitative estimate of drug-likeness (QED) is 0.158.